The highest BCUT2D eigenvalue weighted by Gasteiger charge is 2.46. The fourth-order valence-corrected chi connectivity index (χ4v) is 5.09. The molecule has 188 valence electrons. The molecule has 2 amide bonds. The molecule has 12 nitrogen and oxygen atoms in total. The molecule has 2 saturated heterocycles. The van der Waals surface area contributed by atoms with Crippen molar-refractivity contribution in [2.45, 2.75) is 44.4 Å². The van der Waals surface area contributed by atoms with Crippen LogP contribution >= 0.6 is 0 Å². The lowest BCUT2D eigenvalue weighted by Crippen LogP contribution is -2.54. The molecule has 0 aromatic carbocycles. The number of hydrogen-bond acceptors (Lipinski definition) is 9. The number of fused-ring (bicyclic) bond motifs is 2. The van der Waals surface area contributed by atoms with Gasteiger partial charge < -0.3 is 25.4 Å². The van der Waals surface area contributed by atoms with E-state index in [9.17, 15) is 9.59 Å². The molecule has 3 aromatic heterocycles. The summed E-state index contributed by atoms with van der Waals surface area (Å²) in [5.41, 5.74) is 0.200. The van der Waals surface area contributed by atoms with E-state index in [-0.39, 0.29) is 18.1 Å². The molecule has 6 rings (SSSR count). The zero-order chi connectivity index (χ0) is 25.0. The van der Waals surface area contributed by atoms with E-state index in [1.807, 2.05) is 13.8 Å². The summed E-state index contributed by atoms with van der Waals surface area (Å²) in [4.78, 5) is 36.1. The Morgan fingerprint density at radius 1 is 1.22 bits per heavy atom. The summed E-state index contributed by atoms with van der Waals surface area (Å²) in [5.74, 6) is 2.39. The highest BCUT2D eigenvalue weighted by Crippen LogP contribution is 2.38. The molecule has 12 heteroatoms. The lowest BCUT2D eigenvalue weighted by atomic mass is 9.77. The first kappa shape index (κ1) is 22.5. The van der Waals surface area contributed by atoms with Crippen LogP contribution in [0.15, 0.2) is 30.5 Å². The number of carbonyl (C=O) groups is 2. The molecule has 3 aromatic rings. The Labute approximate surface area is 207 Å². The van der Waals surface area contributed by atoms with Gasteiger partial charge in [0.2, 0.25) is 0 Å². The van der Waals surface area contributed by atoms with E-state index < -0.39 is 11.7 Å². The van der Waals surface area contributed by atoms with Gasteiger partial charge in [-0.1, -0.05) is 6.07 Å². The number of rotatable bonds is 6. The number of anilines is 4. The lowest BCUT2D eigenvalue weighted by Gasteiger charge is -2.39. The van der Waals surface area contributed by atoms with Crippen LogP contribution in [0.3, 0.4) is 0 Å². The van der Waals surface area contributed by atoms with Gasteiger partial charge in [-0.3, -0.25) is 9.69 Å². The zero-order valence-electron chi connectivity index (χ0n) is 20.3. The summed E-state index contributed by atoms with van der Waals surface area (Å²) in [6, 6.07) is 7.11. The molecule has 2 aliphatic heterocycles. The Hall–Kier alpha value is -3.93. The largest absolute Gasteiger partial charge is 0.441 e. The monoisotopic (exact) mass is 492 g/mol. The molecule has 3 aliphatic rings. The first-order valence-corrected chi connectivity index (χ1v) is 12.0. The lowest BCUT2D eigenvalue weighted by molar-refractivity contribution is -0.000551. The van der Waals surface area contributed by atoms with Crippen LogP contribution < -0.4 is 20.9 Å². The van der Waals surface area contributed by atoms with Crippen molar-refractivity contribution < 1.29 is 19.1 Å². The van der Waals surface area contributed by atoms with Crippen molar-refractivity contribution in [3.05, 3.63) is 36.0 Å². The van der Waals surface area contributed by atoms with E-state index in [0.717, 1.165) is 19.4 Å². The van der Waals surface area contributed by atoms with Crippen LogP contribution in [0.4, 0.5) is 28.1 Å². The van der Waals surface area contributed by atoms with Crippen LogP contribution in [0.5, 0.6) is 0 Å². The van der Waals surface area contributed by atoms with Crippen molar-refractivity contribution in [1.82, 2.24) is 24.9 Å². The number of aromatic nitrogens is 4. The first-order valence-electron chi connectivity index (χ1n) is 12.0. The van der Waals surface area contributed by atoms with Gasteiger partial charge in [-0.2, -0.15) is 9.61 Å². The Morgan fingerprint density at radius 3 is 2.83 bits per heavy atom. The van der Waals surface area contributed by atoms with Crippen molar-refractivity contribution in [3.8, 4) is 0 Å². The van der Waals surface area contributed by atoms with Crippen molar-refractivity contribution in [2.75, 3.05) is 35.7 Å². The van der Waals surface area contributed by atoms with Gasteiger partial charge in [0.25, 0.3) is 5.91 Å². The standard InChI is InChI=1S/C24H28N8O4/c1-24(2)12-31(23(34)36-24)18-6-4-5-16(29-18)28-17-10-19(25-3)32-21(30-17)14(11-26-32)22(33)27-15-9-13-7-8-35-20(13)15/h4-6,10-11,13,15,20,25H,7-9,12H2,1-3H3,(H,27,33)(H,28,29,30)/t13-,15-,20-/m1/s1. The molecule has 3 atom stereocenters. The average Bonchev–Trinajstić information content (AvgIpc) is 3.51. The van der Waals surface area contributed by atoms with Gasteiger partial charge in [-0.15, -0.1) is 0 Å². The van der Waals surface area contributed by atoms with Crippen LogP contribution in [0.2, 0.25) is 0 Å². The third-order valence-corrected chi connectivity index (χ3v) is 6.90. The van der Waals surface area contributed by atoms with Crippen LogP contribution in [0, 0.1) is 5.92 Å². The summed E-state index contributed by atoms with van der Waals surface area (Å²) in [6.45, 7) is 4.87. The molecule has 0 spiro atoms. The molecular formula is C24H28N8O4. The normalized spacial score (nSPS) is 24.2. The van der Waals surface area contributed by atoms with Crippen molar-refractivity contribution in [3.63, 3.8) is 0 Å². The Morgan fingerprint density at radius 2 is 2.08 bits per heavy atom. The first-order chi connectivity index (χ1) is 17.3. The maximum atomic E-state index is 13.1. The number of ether oxygens (including phenoxy) is 2. The van der Waals surface area contributed by atoms with Crippen LogP contribution in [0.1, 0.15) is 37.0 Å². The minimum Gasteiger partial charge on any atom is -0.441 e. The van der Waals surface area contributed by atoms with E-state index in [4.69, 9.17) is 9.47 Å². The summed E-state index contributed by atoms with van der Waals surface area (Å²) < 4.78 is 12.7. The fraction of sp³-hybridized carbons (Fsp3) is 0.458. The molecule has 0 radical (unpaired) electrons. The summed E-state index contributed by atoms with van der Waals surface area (Å²) >= 11 is 0. The second-order valence-corrected chi connectivity index (χ2v) is 9.99. The van der Waals surface area contributed by atoms with Crippen LogP contribution in [0.25, 0.3) is 5.65 Å². The highest BCUT2D eigenvalue weighted by atomic mass is 16.6. The molecule has 5 heterocycles. The van der Waals surface area contributed by atoms with E-state index in [2.05, 4.69) is 31.0 Å². The topological polar surface area (TPSA) is 135 Å². The van der Waals surface area contributed by atoms with Gasteiger partial charge in [0.15, 0.2) is 5.65 Å². The molecule has 0 bridgehead atoms. The second kappa shape index (κ2) is 8.33. The minimum atomic E-state index is -0.584. The Balaban J connectivity index is 1.26. The molecule has 36 heavy (non-hydrogen) atoms. The number of carbonyl (C=O) groups excluding carboxylic acids is 2. The van der Waals surface area contributed by atoms with Crippen molar-refractivity contribution in [1.29, 1.82) is 0 Å². The Kier molecular flexibility index (Phi) is 5.21. The van der Waals surface area contributed by atoms with Crippen molar-refractivity contribution in [2.24, 2.45) is 5.92 Å². The van der Waals surface area contributed by atoms with E-state index in [0.29, 0.717) is 46.9 Å². The molecule has 0 unspecified atom stereocenters. The number of pyridine rings is 1. The van der Waals surface area contributed by atoms with E-state index in [1.54, 1.807) is 35.8 Å². The van der Waals surface area contributed by atoms with E-state index in [1.165, 1.54) is 11.1 Å². The quantitative estimate of drug-likeness (QED) is 0.474. The zero-order valence-corrected chi connectivity index (χ0v) is 20.3. The SMILES string of the molecule is CNc1cc(Nc2cccc(N3CC(C)(C)OC3=O)n2)nc2c(C(=O)N[C@@H]3C[C@H]4CCO[C@H]43)cnn12. The second-order valence-electron chi connectivity index (χ2n) is 9.99. The summed E-state index contributed by atoms with van der Waals surface area (Å²) in [7, 11) is 1.77. The molecule has 3 N–H and O–H groups in total. The van der Waals surface area contributed by atoms with Gasteiger partial charge in [-0.05, 0) is 44.7 Å². The van der Waals surface area contributed by atoms with Crippen molar-refractivity contribution >= 4 is 40.9 Å². The predicted octanol–water partition coefficient (Wildman–Crippen LogP) is 2.55. The number of nitrogens with zero attached hydrogens (tertiary/aromatic N) is 5. The smallest absolute Gasteiger partial charge is 0.416 e. The number of hydrogen-bond donors (Lipinski definition) is 3. The minimum absolute atomic E-state index is 0.0132. The molecule has 1 saturated carbocycles. The fourth-order valence-electron chi connectivity index (χ4n) is 5.09. The van der Waals surface area contributed by atoms with Crippen LogP contribution in [-0.2, 0) is 9.47 Å². The Bertz CT molecular complexity index is 1360. The number of cyclic esters (lactones) is 1. The van der Waals surface area contributed by atoms with Gasteiger partial charge in [-0.25, -0.2) is 14.8 Å². The highest BCUT2D eigenvalue weighted by molar-refractivity contribution is 6.00. The third-order valence-electron chi connectivity index (χ3n) is 6.90. The molecular weight excluding hydrogens is 464 g/mol. The number of amides is 2. The van der Waals surface area contributed by atoms with Crippen LogP contribution in [-0.4, -0.2) is 69.5 Å². The predicted molar refractivity (Wildman–Crippen MR) is 132 cm³/mol. The molecule has 1 aliphatic carbocycles. The maximum Gasteiger partial charge on any atom is 0.416 e. The average molecular weight is 493 g/mol. The van der Waals surface area contributed by atoms with Gasteiger partial charge >= 0.3 is 6.09 Å². The van der Waals surface area contributed by atoms with Gasteiger partial charge in [0, 0.05) is 19.7 Å². The van der Waals surface area contributed by atoms with Gasteiger partial charge in [0.05, 0.1) is 24.9 Å². The third kappa shape index (κ3) is 3.87. The molecule has 3 fully saturated rings. The maximum absolute atomic E-state index is 13.1. The number of nitrogens with one attached hydrogen (secondary N) is 3. The summed E-state index contributed by atoms with van der Waals surface area (Å²) in [5, 5.41) is 13.7. The van der Waals surface area contributed by atoms with E-state index >= 15 is 0 Å². The van der Waals surface area contributed by atoms with Gasteiger partial charge in [0.1, 0.15) is 34.4 Å². The summed E-state index contributed by atoms with van der Waals surface area (Å²) in [6.07, 6.45) is 3.18.